The van der Waals surface area contributed by atoms with Gasteiger partial charge in [0, 0.05) is 18.5 Å². The monoisotopic (exact) mass is 292 g/mol. The van der Waals surface area contributed by atoms with E-state index in [2.05, 4.69) is 31.4 Å². The van der Waals surface area contributed by atoms with Gasteiger partial charge in [0.1, 0.15) is 5.75 Å². The van der Waals surface area contributed by atoms with E-state index in [4.69, 9.17) is 4.74 Å². The normalized spacial score (nSPS) is 11.0. The molecule has 0 aliphatic rings. The fourth-order valence-corrected chi connectivity index (χ4v) is 2.08. The molecule has 0 unspecified atom stereocenters. The van der Waals surface area contributed by atoms with Crippen molar-refractivity contribution < 1.29 is 9.53 Å². The van der Waals surface area contributed by atoms with Crippen LogP contribution in [0.3, 0.4) is 0 Å². The fourth-order valence-electron chi connectivity index (χ4n) is 2.08. The van der Waals surface area contributed by atoms with Gasteiger partial charge in [-0.15, -0.1) is 0 Å². The van der Waals surface area contributed by atoms with Gasteiger partial charge in [-0.1, -0.05) is 45.7 Å². The maximum atomic E-state index is 11.7. The summed E-state index contributed by atoms with van der Waals surface area (Å²) in [5, 5.41) is 5.84. The summed E-state index contributed by atoms with van der Waals surface area (Å²) in [6, 6.07) is 7.89. The maximum absolute atomic E-state index is 11.7. The van der Waals surface area contributed by atoms with Crippen LogP contribution in [0.2, 0.25) is 0 Å². The Morgan fingerprint density at radius 1 is 1.14 bits per heavy atom. The number of amides is 2. The average molecular weight is 292 g/mol. The van der Waals surface area contributed by atoms with Gasteiger partial charge in [-0.05, 0) is 24.1 Å². The Morgan fingerprint density at radius 2 is 1.81 bits per heavy atom. The summed E-state index contributed by atoms with van der Waals surface area (Å²) in [4.78, 5) is 11.7. The maximum Gasteiger partial charge on any atom is 0.314 e. The Kier molecular flexibility index (Phi) is 7.06. The van der Waals surface area contributed by atoms with E-state index in [-0.39, 0.29) is 11.4 Å². The predicted octanol–water partition coefficient (Wildman–Crippen LogP) is 3.46. The van der Waals surface area contributed by atoms with Crippen LogP contribution in [0.25, 0.3) is 0 Å². The van der Waals surface area contributed by atoms with Crippen molar-refractivity contribution in [2.75, 3.05) is 20.2 Å². The largest absolute Gasteiger partial charge is 0.497 e. The second kappa shape index (κ2) is 8.55. The van der Waals surface area contributed by atoms with Gasteiger partial charge in [-0.3, -0.25) is 0 Å². The summed E-state index contributed by atoms with van der Waals surface area (Å²) in [5.74, 6) is 0.844. The van der Waals surface area contributed by atoms with E-state index in [0.717, 1.165) is 31.6 Å². The molecule has 1 rings (SSSR count). The third-order valence-corrected chi connectivity index (χ3v) is 3.63. The highest BCUT2D eigenvalue weighted by Crippen LogP contribution is 2.24. The number of ether oxygens (including phenoxy) is 1. The summed E-state index contributed by atoms with van der Waals surface area (Å²) in [6.45, 7) is 7.72. The summed E-state index contributed by atoms with van der Waals surface area (Å²) in [7, 11) is 1.66. The molecule has 0 heterocycles. The average Bonchev–Trinajstić information content (AvgIpc) is 2.50. The van der Waals surface area contributed by atoms with Crippen LogP contribution in [0.15, 0.2) is 24.3 Å². The first-order valence-corrected chi connectivity index (χ1v) is 7.66. The lowest BCUT2D eigenvalue weighted by Gasteiger charge is -2.26. The molecule has 0 spiro atoms. The van der Waals surface area contributed by atoms with Crippen LogP contribution in [0.4, 0.5) is 4.79 Å². The zero-order chi connectivity index (χ0) is 15.7. The topological polar surface area (TPSA) is 50.4 Å². The number of nitrogens with one attached hydrogen (secondary N) is 2. The van der Waals surface area contributed by atoms with Gasteiger partial charge >= 0.3 is 6.03 Å². The molecule has 0 bridgehead atoms. The number of unbranched alkanes of at least 4 members (excludes halogenated alkanes) is 2. The van der Waals surface area contributed by atoms with E-state index in [1.165, 1.54) is 5.56 Å². The minimum absolute atomic E-state index is 0.0901. The molecule has 0 radical (unpaired) electrons. The third-order valence-electron chi connectivity index (χ3n) is 3.63. The van der Waals surface area contributed by atoms with Crippen LogP contribution in [0.1, 0.15) is 45.6 Å². The molecular weight excluding hydrogens is 264 g/mol. The van der Waals surface area contributed by atoms with Crippen LogP contribution in [-0.2, 0) is 5.41 Å². The zero-order valence-corrected chi connectivity index (χ0v) is 13.7. The molecule has 4 nitrogen and oxygen atoms in total. The number of carbonyl (C=O) groups is 1. The quantitative estimate of drug-likeness (QED) is 0.721. The van der Waals surface area contributed by atoms with Crippen LogP contribution >= 0.6 is 0 Å². The first-order valence-electron chi connectivity index (χ1n) is 7.66. The molecule has 4 heteroatoms. The fraction of sp³-hybridized carbons (Fsp3) is 0.588. The second-order valence-electron chi connectivity index (χ2n) is 5.93. The Bertz CT molecular complexity index is 427. The predicted molar refractivity (Wildman–Crippen MR) is 86.9 cm³/mol. The van der Waals surface area contributed by atoms with E-state index in [0.29, 0.717) is 6.54 Å². The summed E-state index contributed by atoms with van der Waals surface area (Å²) in [5.41, 5.74) is 1.06. The number of urea groups is 1. The zero-order valence-electron chi connectivity index (χ0n) is 13.7. The highest BCUT2D eigenvalue weighted by Gasteiger charge is 2.21. The Hall–Kier alpha value is -1.71. The van der Waals surface area contributed by atoms with Crippen molar-refractivity contribution >= 4 is 6.03 Å². The summed E-state index contributed by atoms with van der Waals surface area (Å²) < 4.78 is 5.16. The number of rotatable bonds is 8. The van der Waals surface area contributed by atoms with E-state index in [1.54, 1.807) is 7.11 Å². The van der Waals surface area contributed by atoms with Gasteiger partial charge in [0.05, 0.1) is 7.11 Å². The van der Waals surface area contributed by atoms with E-state index in [1.807, 2.05) is 24.3 Å². The smallest absolute Gasteiger partial charge is 0.314 e. The molecule has 0 aliphatic heterocycles. The Morgan fingerprint density at radius 3 is 2.38 bits per heavy atom. The van der Waals surface area contributed by atoms with Crippen molar-refractivity contribution in [3.8, 4) is 5.75 Å². The highest BCUT2D eigenvalue weighted by atomic mass is 16.5. The van der Waals surface area contributed by atoms with Crippen LogP contribution in [-0.4, -0.2) is 26.2 Å². The number of benzene rings is 1. The lowest BCUT2D eigenvalue weighted by atomic mass is 9.84. The van der Waals surface area contributed by atoms with Crippen LogP contribution < -0.4 is 15.4 Å². The van der Waals surface area contributed by atoms with Crippen molar-refractivity contribution in [3.63, 3.8) is 0 Å². The molecule has 0 aliphatic carbocycles. The van der Waals surface area contributed by atoms with Crippen LogP contribution in [0, 0.1) is 0 Å². The molecule has 2 amide bonds. The number of hydrogen-bond donors (Lipinski definition) is 2. The molecule has 21 heavy (non-hydrogen) atoms. The Balaban J connectivity index is 2.42. The van der Waals surface area contributed by atoms with Crippen molar-refractivity contribution in [1.82, 2.24) is 10.6 Å². The minimum Gasteiger partial charge on any atom is -0.497 e. The van der Waals surface area contributed by atoms with Crippen molar-refractivity contribution in [1.29, 1.82) is 0 Å². The van der Waals surface area contributed by atoms with Gasteiger partial charge < -0.3 is 15.4 Å². The number of methoxy groups -OCH3 is 1. The highest BCUT2D eigenvalue weighted by molar-refractivity contribution is 5.73. The molecule has 2 N–H and O–H groups in total. The Labute approximate surface area is 128 Å². The lowest BCUT2D eigenvalue weighted by molar-refractivity contribution is 0.238. The van der Waals surface area contributed by atoms with Crippen LogP contribution in [0.5, 0.6) is 5.75 Å². The van der Waals surface area contributed by atoms with Crippen molar-refractivity contribution in [2.45, 2.75) is 45.4 Å². The minimum atomic E-state index is -0.118. The molecule has 0 fully saturated rings. The number of hydrogen-bond acceptors (Lipinski definition) is 2. The third kappa shape index (κ3) is 6.06. The molecule has 0 saturated heterocycles. The van der Waals surface area contributed by atoms with Gasteiger partial charge in [-0.25, -0.2) is 4.79 Å². The first-order chi connectivity index (χ1) is 9.99. The van der Waals surface area contributed by atoms with Gasteiger partial charge in [0.25, 0.3) is 0 Å². The molecule has 1 aromatic rings. The number of carbonyl (C=O) groups excluding carboxylic acids is 1. The van der Waals surface area contributed by atoms with E-state index in [9.17, 15) is 4.79 Å². The lowest BCUT2D eigenvalue weighted by Crippen LogP contribution is -2.42. The molecule has 118 valence electrons. The molecule has 0 atom stereocenters. The molecule has 1 aromatic carbocycles. The van der Waals surface area contributed by atoms with E-state index < -0.39 is 0 Å². The molecule has 0 aromatic heterocycles. The summed E-state index contributed by atoms with van der Waals surface area (Å²) >= 11 is 0. The standard InChI is InChI=1S/C17H28N2O2/c1-5-6-7-12-18-16(20)19-13-17(2,3)14-8-10-15(21-4)11-9-14/h8-11H,5-7,12-13H2,1-4H3,(H2,18,19,20). The molecule has 0 saturated carbocycles. The van der Waals surface area contributed by atoms with Gasteiger partial charge in [-0.2, -0.15) is 0 Å². The summed E-state index contributed by atoms with van der Waals surface area (Å²) in [6.07, 6.45) is 3.34. The first kappa shape index (κ1) is 17.3. The van der Waals surface area contributed by atoms with Gasteiger partial charge in [0.15, 0.2) is 0 Å². The van der Waals surface area contributed by atoms with Crippen molar-refractivity contribution in [3.05, 3.63) is 29.8 Å². The SMILES string of the molecule is CCCCCNC(=O)NCC(C)(C)c1ccc(OC)cc1. The van der Waals surface area contributed by atoms with Gasteiger partial charge in [0.2, 0.25) is 0 Å². The van der Waals surface area contributed by atoms with E-state index >= 15 is 0 Å². The second-order valence-corrected chi connectivity index (χ2v) is 5.93. The van der Waals surface area contributed by atoms with Crippen molar-refractivity contribution in [2.24, 2.45) is 0 Å². The molecular formula is C17H28N2O2.